The summed E-state index contributed by atoms with van der Waals surface area (Å²) in [5.41, 5.74) is 1.37. The molecule has 5 nitrogen and oxygen atoms in total. The lowest BCUT2D eigenvalue weighted by Crippen LogP contribution is -2.11. The van der Waals surface area contributed by atoms with E-state index in [0.717, 1.165) is 11.4 Å². The SMILES string of the molecule is Cn1ccnc1-c1cccc(NS(=O)(=O)c2cccs2)c1. The number of aromatic nitrogens is 2. The summed E-state index contributed by atoms with van der Waals surface area (Å²) in [7, 11) is -1.63. The van der Waals surface area contributed by atoms with Crippen LogP contribution in [-0.4, -0.2) is 18.0 Å². The lowest BCUT2D eigenvalue weighted by molar-refractivity contribution is 0.603. The zero-order valence-electron chi connectivity index (χ0n) is 11.2. The van der Waals surface area contributed by atoms with E-state index in [0.29, 0.717) is 9.90 Å². The van der Waals surface area contributed by atoms with Crippen molar-refractivity contribution in [3.8, 4) is 11.4 Å². The molecule has 3 aromatic rings. The van der Waals surface area contributed by atoms with Gasteiger partial charge in [-0.25, -0.2) is 13.4 Å². The Morgan fingerprint density at radius 1 is 1.24 bits per heavy atom. The zero-order chi connectivity index (χ0) is 14.9. The maximum Gasteiger partial charge on any atom is 0.271 e. The van der Waals surface area contributed by atoms with Crippen LogP contribution in [0.1, 0.15) is 0 Å². The average molecular weight is 319 g/mol. The quantitative estimate of drug-likeness (QED) is 0.804. The van der Waals surface area contributed by atoms with Gasteiger partial charge in [-0.3, -0.25) is 4.72 Å². The maximum atomic E-state index is 12.2. The first-order chi connectivity index (χ1) is 10.1. The first-order valence-electron chi connectivity index (χ1n) is 6.20. The number of anilines is 1. The summed E-state index contributed by atoms with van der Waals surface area (Å²) >= 11 is 1.19. The van der Waals surface area contributed by atoms with Crippen molar-refractivity contribution in [1.82, 2.24) is 9.55 Å². The fraction of sp³-hybridized carbons (Fsp3) is 0.0714. The second kappa shape index (κ2) is 5.34. The minimum Gasteiger partial charge on any atom is -0.334 e. The van der Waals surface area contributed by atoms with E-state index in [1.54, 1.807) is 41.9 Å². The van der Waals surface area contributed by atoms with Gasteiger partial charge < -0.3 is 4.57 Å². The normalized spacial score (nSPS) is 11.5. The van der Waals surface area contributed by atoms with E-state index in [4.69, 9.17) is 0 Å². The Balaban J connectivity index is 1.93. The molecule has 0 amide bonds. The zero-order valence-corrected chi connectivity index (χ0v) is 12.9. The minimum absolute atomic E-state index is 0.296. The van der Waals surface area contributed by atoms with Gasteiger partial charge in [0.1, 0.15) is 10.0 Å². The highest BCUT2D eigenvalue weighted by Gasteiger charge is 2.15. The van der Waals surface area contributed by atoms with Gasteiger partial charge in [0.15, 0.2) is 0 Å². The van der Waals surface area contributed by atoms with Crippen molar-refractivity contribution in [3.63, 3.8) is 0 Å². The number of imidazole rings is 1. The maximum absolute atomic E-state index is 12.2. The molecule has 0 unspecified atom stereocenters. The van der Waals surface area contributed by atoms with Crippen LogP contribution in [0.25, 0.3) is 11.4 Å². The summed E-state index contributed by atoms with van der Waals surface area (Å²) in [6.07, 6.45) is 3.55. The smallest absolute Gasteiger partial charge is 0.271 e. The van der Waals surface area contributed by atoms with Crippen LogP contribution in [0.3, 0.4) is 0 Å². The van der Waals surface area contributed by atoms with Crippen molar-refractivity contribution in [3.05, 3.63) is 54.2 Å². The van der Waals surface area contributed by atoms with Gasteiger partial charge in [-0.15, -0.1) is 11.3 Å². The number of benzene rings is 1. The molecule has 21 heavy (non-hydrogen) atoms. The standard InChI is InChI=1S/C14H13N3O2S2/c1-17-8-7-15-14(17)11-4-2-5-12(10-11)16-21(18,19)13-6-3-9-20-13/h2-10,16H,1H3. The van der Waals surface area contributed by atoms with Crippen LogP contribution in [0.15, 0.2) is 58.4 Å². The molecular formula is C14H13N3O2S2. The summed E-state index contributed by atoms with van der Waals surface area (Å²) in [5.74, 6) is 0.784. The summed E-state index contributed by atoms with van der Waals surface area (Å²) < 4.78 is 29.2. The number of hydrogen-bond acceptors (Lipinski definition) is 4. The first kappa shape index (κ1) is 13.8. The van der Waals surface area contributed by atoms with E-state index in [1.807, 2.05) is 23.9 Å². The molecule has 108 valence electrons. The minimum atomic E-state index is -3.52. The summed E-state index contributed by atoms with van der Waals surface area (Å²) in [4.78, 5) is 4.26. The third-order valence-electron chi connectivity index (χ3n) is 2.95. The van der Waals surface area contributed by atoms with Crippen molar-refractivity contribution >= 4 is 27.0 Å². The molecule has 3 rings (SSSR count). The van der Waals surface area contributed by atoms with E-state index in [-0.39, 0.29) is 0 Å². The van der Waals surface area contributed by atoms with Crippen LogP contribution >= 0.6 is 11.3 Å². The first-order valence-corrected chi connectivity index (χ1v) is 8.57. The molecule has 0 aliphatic rings. The van der Waals surface area contributed by atoms with Crippen LogP contribution in [0.4, 0.5) is 5.69 Å². The molecule has 1 N–H and O–H groups in total. The number of thiophene rings is 1. The molecule has 0 atom stereocenters. The van der Waals surface area contributed by atoms with Gasteiger partial charge in [0, 0.05) is 30.7 Å². The molecule has 0 saturated carbocycles. The lowest BCUT2D eigenvalue weighted by Gasteiger charge is -2.08. The number of rotatable bonds is 4. The van der Waals surface area contributed by atoms with Crippen LogP contribution in [0.5, 0.6) is 0 Å². The Kier molecular flexibility index (Phi) is 3.52. The molecule has 2 aromatic heterocycles. The summed E-state index contributed by atoms with van der Waals surface area (Å²) in [6, 6.07) is 10.5. The monoisotopic (exact) mass is 319 g/mol. The van der Waals surface area contributed by atoms with Gasteiger partial charge in [-0.05, 0) is 23.6 Å². The number of aryl methyl sites for hydroxylation is 1. The molecule has 0 fully saturated rings. The van der Waals surface area contributed by atoms with Crippen LogP contribution in [0.2, 0.25) is 0 Å². The Labute approximate surface area is 127 Å². The molecule has 0 bridgehead atoms. The fourth-order valence-electron chi connectivity index (χ4n) is 1.99. The third kappa shape index (κ3) is 2.84. The Hall–Kier alpha value is -2.12. The highest BCUT2D eigenvalue weighted by Crippen LogP contribution is 2.24. The molecule has 0 saturated heterocycles. The molecule has 1 aromatic carbocycles. The van der Waals surface area contributed by atoms with Crippen molar-refractivity contribution in [1.29, 1.82) is 0 Å². The second-order valence-corrected chi connectivity index (χ2v) is 7.34. The van der Waals surface area contributed by atoms with Crippen LogP contribution in [-0.2, 0) is 17.1 Å². The summed E-state index contributed by atoms with van der Waals surface area (Å²) in [5, 5.41) is 1.73. The molecule has 2 heterocycles. The number of nitrogens with one attached hydrogen (secondary N) is 1. The highest BCUT2D eigenvalue weighted by atomic mass is 32.2. The van der Waals surface area contributed by atoms with Gasteiger partial charge in [-0.1, -0.05) is 18.2 Å². The average Bonchev–Trinajstić information content (AvgIpc) is 3.09. The van der Waals surface area contributed by atoms with Gasteiger partial charge in [0.05, 0.1) is 0 Å². The lowest BCUT2D eigenvalue weighted by atomic mass is 10.2. The van der Waals surface area contributed by atoms with Gasteiger partial charge in [0.25, 0.3) is 10.0 Å². The van der Waals surface area contributed by atoms with E-state index < -0.39 is 10.0 Å². The van der Waals surface area contributed by atoms with Crippen molar-refractivity contribution in [2.45, 2.75) is 4.21 Å². The van der Waals surface area contributed by atoms with E-state index in [1.165, 1.54) is 11.3 Å². The van der Waals surface area contributed by atoms with Crippen LogP contribution < -0.4 is 4.72 Å². The van der Waals surface area contributed by atoms with Crippen molar-refractivity contribution in [2.24, 2.45) is 7.05 Å². The number of hydrogen-bond donors (Lipinski definition) is 1. The molecule has 0 aliphatic heterocycles. The van der Waals surface area contributed by atoms with Crippen LogP contribution in [0, 0.1) is 0 Å². The Morgan fingerprint density at radius 3 is 2.76 bits per heavy atom. The largest absolute Gasteiger partial charge is 0.334 e. The van der Waals surface area contributed by atoms with Crippen molar-refractivity contribution in [2.75, 3.05) is 4.72 Å². The van der Waals surface area contributed by atoms with Gasteiger partial charge in [0.2, 0.25) is 0 Å². The highest BCUT2D eigenvalue weighted by molar-refractivity contribution is 7.94. The molecule has 0 aliphatic carbocycles. The topological polar surface area (TPSA) is 64.0 Å². The number of sulfonamides is 1. The van der Waals surface area contributed by atoms with E-state index >= 15 is 0 Å². The predicted molar refractivity (Wildman–Crippen MR) is 83.8 cm³/mol. The summed E-state index contributed by atoms with van der Waals surface area (Å²) in [6.45, 7) is 0. The van der Waals surface area contributed by atoms with Gasteiger partial charge >= 0.3 is 0 Å². The molecule has 0 radical (unpaired) electrons. The second-order valence-electron chi connectivity index (χ2n) is 4.48. The fourth-order valence-corrected chi connectivity index (χ4v) is 4.03. The number of nitrogens with zero attached hydrogens (tertiary/aromatic N) is 2. The predicted octanol–water partition coefficient (Wildman–Crippen LogP) is 2.95. The van der Waals surface area contributed by atoms with Crippen molar-refractivity contribution < 1.29 is 8.42 Å². The van der Waals surface area contributed by atoms with Gasteiger partial charge in [-0.2, -0.15) is 0 Å². The Morgan fingerprint density at radius 2 is 2.10 bits per heavy atom. The molecule has 0 spiro atoms. The molecular weight excluding hydrogens is 306 g/mol. The van der Waals surface area contributed by atoms with E-state index in [9.17, 15) is 8.42 Å². The van der Waals surface area contributed by atoms with E-state index in [2.05, 4.69) is 9.71 Å². The third-order valence-corrected chi connectivity index (χ3v) is 5.73. The molecule has 7 heteroatoms. The Bertz CT molecular complexity index is 852.